The molecule has 0 aliphatic carbocycles. The molecule has 0 aliphatic heterocycles. The van der Waals surface area contributed by atoms with E-state index in [-0.39, 0.29) is 5.91 Å². The van der Waals surface area contributed by atoms with Crippen LogP contribution < -0.4 is 19.1 Å². The maximum absolute atomic E-state index is 10.8. The molecule has 1 rings (SSSR count). The molecule has 1 amide bonds. The van der Waals surface area contributed by atoms with Crippen LogP contribution in [0.3, 0.4) is 0 Å². The zero-order chi connectivity index (χ0) is 12.8. The largest absolute Gasteiger partial charge is 0.493 e. The van der Waals surface area contributed by atoms with E-state index in [0.29, 0.717) is 23.8 Å². The second kappa shape index (κ2) is 6.20. The van der Waals surface area contributed by atoms with Gasteiger partial charge in [0.2, 0.25) is 11.7 Å². The van der Waals surface area contributed by atoms with Crippen LogP contribution in [0.1, 0.15) is 12.5 Å². The summed E-state index contributed by atoms with van der Waals surface area (Å²) >= 11 is 5.34. The van der Waals surface area contributed by atoms with Crippen molar-refractivity contribution in [2.75, 3.05) is 14.2 Å². The van der Waals surface area contributed by atoms with Crippen molar-refractivity contribution in [3.63, 3.8) is 0 Å². The fourth-order valence-electron chi connectivity index (χ4n) is 1.34. The molecule has 0 fully saturated rings. The topological polar surface area (TPSA) is 56.8 Å². The number of carbonyl (C=O) groups is 1. The summed E-state index contributed by atoms with van der Waals surface area (Å²) in [5, 5.41) is 2.68. The summed E-state index contributed by atoms with van der Waals surface area (Å²) in [5.74, 6) is 1.09. The predicted molar refractivity (Wildman–Crippen MR) is 63.5 cm³/mol. The third kappa shape index (κ3) is 3.42. The Morgan fingerprint density at radius 2 is 1.82 bits per heavy atom. The average molecular weight is 260 g/mol. The van der Waals surface area contributed by atoms with Crippen LogP contribution in [0.2, 0.25) is 0 Å². The van der Waals surface area contributed by atoms with Crippen molar-refractivity contribution in [2.24, 2.45) is 0 Å². The number of carbonyl (C=O) groups excluding carboxylic acids is 1. The lowest BCUT2D eigenvalue weighted by Crippen LogP contribution is -2.18. The number of hydrogen-bond donors (Lipinski definition) is 1. The van der Waals surface area contributed by atoms with Crippen LogP contribution in [0.5, 0.6) is 17.2 Å². The zero-order valence-electron chi connectivity index (χ0n) is 9.87. The number of nitrogens with one attached hydrogen (secondary N) is 1. The Bertz CT molecular complexity index is 383. The van der Waals surface area contributed by atoms with Crippen molar-refractivity contribution in [3.8, 4) is 17.2 Å². The molecule has 0 spiro atoms. The van der Waals surface area contributed by atoms with E-state index in [1.165, 1.54) is 21.1 Å². The van der Waals surface area contributed by atoms with E-state index in [2.05, 4.69) is 9.61 Å². The van der Waals surface area contributed by atoms with Crippen LogP contribution in [0.25, 0.3) is 0 Å². The van der Waals surface area contributed by atoms with Gasteiger partial charge in [0.1, 0.15) is 11.9 Å². The number of amides is 1. The van der Waals surface area contributed by atoms with E-state index in [1.54, 1.807) is 12.1 Å². The fourth-order valence-corrected chi connectivity index (χ4v) is 1.49. The van der Waals surface area contributed by atoms with Crippen molar-refractivity contribution in [3.05, 3.63) is 17.7 Å². The molecule has 1 N–H and O–H groups in total. The SMILES string of the molecule is COc1cc(CNC(C)=O)cc(OC)c1OCl. The van der Waals surface area contributed by atoms with Gasteiger partial charge in [-0.15, -0.1) is 0 Å². The predicted octanol–water partition coefficient (Wildman–Crippen LogP) is 1.87. The van der Waals surface area contributed by atoms with E-state index >= 15 is 0 Å². The summed E-state index contributed by atoms with van der Waals surface area (Å²) in [7, 11) is 2.99. The molecule has 0 heterocycles. The minimum atomic E-state index is -0.111. The Labute approximate surface area is 105 Å². The van der Waals surface area contributed by atoms with Crippen molar-refractivity contribution in [2.45, 2.75) is 13.5 Å². The Kier molecular flexibility index (Phi) is 4.90. The minimum Gasteiger partial charge on any atom is -0.493 e. The van der Waals surface area contributed by atoms with Crippen LogP contribution in [0, 0.1) is 0 Å². The number of ether oxygens (including phenoxy) is 2. The molecule has 94 valence electrons. The first-order valence-corrected chi connectivity index (χ1v) is 5.21. The van der Waals surface area contributed by atoms with Gasteiger partial charge < -0.3 is 19.1 Å². The minimum absolute atomic E-state index is 0.111. The second-order valence-corrected chi connectivity index (χ2v) is 3.47. The fraction of sp³-hybridized carbons (Fsp3) is 0.364. The van der Waals surface area contributed by atoms with E-state index in [9.17, 15) is 4.79 Å². The summed E-state index contributed by atoms with van der Waals surface area (Å²) in [6, 6.07) is 3.44. The maximum atomic E-state index is 10.8. The molecule has 0 aromatic heterocycles. The first-order valence-electron chi connectivity index (χ1n) is 4.90. The summed E-state index contributed by atoms with van der Waals surface area (Å²) < 4.78 is 14.9. The monoisotopic (exact) mass is 259 g/mol. The van der Waals surface area contributed by atoms with Gasteiger partial charge in [-0.05, 0) is 17.7 Å². The van der Waals surface area contributed by atoms with Crippen molar-refractivity contribution >= 4 is 17.8 Å². The number of hydrogen-bond acceptors (Lipinski definition) is 4. The van der Waals surface area contributed by atoms with Gasteiger partial charge in [-0.2, -0.15) is 0 Å². The van der Waals surface area contributed by atoms with Crippen LogP contribution in [0.4, 0.5) is 0 Å². The molecule has 1 aromatic rings. The van der Waals surface area contributed by atoms with Gasteiger partial charge in [0, 0.05) is 13.5 Å². The zero-order valence-corrected chi connectivity index (χ0v) is 10.6. The molecule has 1 aromatic carbocycles. The molecule has 0 saturated heterocycles. The van der Waals surface area contributed by atoms with Gasteiger partial charge in [0.15, 0.2) is 11.5 Å². The van der Waals surface area contributed by atoms with E-state index < -0.39 is 0 Å². The van der Waals surface area contributed by atoms with Gasteiger partial charge in [0.05, 0.1) is 14.2 Å². The maximum Gasteiger partial charge on any atom is 0.229 e. The van der Waals surface area contributed by atoms with Gasteiger partial charge in [-0.1, -0.05) is 0 Å². The quantitative estimate of drug-likeness (QED) is 0.877. The molecule has 0 radical (unpaired) electrons. The highest BCUT2D eigenvalue weighted by atomic mass is 35.5. The van der Waals surface area contributed by atoms with Gasteiger partial charge in [-0.25, -0.2) is 0 Å². The van der Waals surface area contributed by atoms with Gasteiger partial charge >= 0.3 is 0 Å². The first-order chi connectivity index (χ1) is 8.12. The standard InChI is InChI=1S/C11H14ClNO4/c1-7(14)13-6-8-4-9(15-2)11(17-12)10(5-8)16-3/h4-5H,6H2,1-3H3,(H,13,14). The molecular formula is C11H14ClNO4. The normalized spacial score (nSPS) is 9.65. The first kappa shape index (κ1) is 13.4. The molecule has 5 nitrogen and oxygen atoms in total. The van der Waals surface area contributed by atoms with E-state index in [4.69, 9.17) is 21.3 Å². The van der Waals surface area contributed by atoms with Gasteiger partial charge in [-0.3, -0.25) is 4.79 Å². The lowest BCUT2D eigenvalue weighted by Gasteiger charge is -2.12. The Morgan fingerprint density at radius 3 is 2.18 bits per heavy atom. The lowest BCUT2D eigenvalue weighted by molar-refractivity contribution is -0.119. The number of rotatable bonds is 5. The number of halogens is 1. The number of methoxy groups -OCH3 is 2. The third-order valence-corrected chi connectivity index (χ3v) is 2.29. The molecule has 0 aliphatic rings. The Hall–Kier alpha value is -1.62. The van der Waals surface area contributed by atoms with Crippen LogP contribution in [0.15, 0.2) is 12.1 Å². The van der Waals surface area contributed by atoms with E-state index in [1.807, 2.05) is 0 Å². The van der Waals surface area contributed by atoms with Crippen LogP contribution in [-0.4, -0.2) is 20.1 Å². The molecule has 0 bridgehead atoms. The average Bonchev–Trinajstić information content (AvgIpc) is 2.34. The molecule has 0 atom stereocenters. The third-order valence-electron chi connectivity index (χ3n) is 2.14. The Morgan fingerprint density at radius 1 is 1.29 bits per heavy atom. The smallest absolute Gasteiger partial charge is 0.229 e. The Balaban J connectivity index is 3.04. The highest BCUT2D eigenvalue weighted by Crippen LogP contribution is 2.39. The molecule has 6 heteroatoms. The van der Waals surface area contributed by atoms with Crippen molar-refractivity contribution in [1.82, 2.24) is 5.32 Å². The number of benzene rings is 1. The highest BCUT2D eigenvalue weighted by molar-refractivity contribution is 6.09. The van der Waals surface area contributed by atoms with Crippen LogP contribution >= 0.6 is 11.9 Å². The lowest BCUT2D eigenvalue weighted by atomic mass is 10.2. The highest BCUT2D eigenvalue weighted by Gasteiger charge is 2.14. The summed E-state index contributed by atoms with van der Waals surface area (Å²) in [6.07, 6.45) is 0. The van der Waals surface area contributed by atoms with Crippen molar-refractivity contribution in [1.29, 1.82) is 0 Å². The van der Waals surface area contributed by atoms with Gasteiger partial charge in [0.25, 0.3) is 0 Å². The molecule has 0 unspecified atom stereocenters. The summed E-state index contributed by atoms with van der Waals surface area (Å²) in [4.78, 5) is 10.8. The van der Waals surface area contributed by atoms with Crippen molar-refractivity contribution < 1.29 is 18.6 Å². The molecule has 17 heavy (non-hydrogen) atoms. The molecule has 0 saturated carbocycles. The van der Waals surface area contributed by atoms with E-state index in [0.717, 1.165) is 5.56 Å². The van der Waals surface area contributed by atoms with Crippen LogP contribution in [-0.2, 0) is 11.3 Å². The second-order valence-electron chi connectivity index (χ2n) is 3.32. The summed E-state index contributed by atoms with van der Waals surface area (Å²) in [6.45, 7) is 1.83. The summed E-state index contributed by atoms with van der Waals surface area (Å²) in [5.41, 5.74) is 0.825. The molecular weight excluding hydrogens is 246 g/mol.